The molecule has 92 valence electrons. The molecule has 0 bridgehead atoms. The van der Waals surface area contributed by atoms with Crippen molar-refractivity contribution < 1.29 is 4.79 Å². The van der Waals surface area contributed by atoms with Gasteiger partial charge in [-0.15, -0.1) is 0 Å². The van der Waals surface area contributed by atoms with Crippen LogP contribution in [0.4, 0.5) is 5.69 Å². The summed E-state index contributed by atoms with van der Waals surface area (Å²) in [5.41, 5.74) is 0.760. The van der Waals surface area contributed by atoms with Crippen LogP contribution in [0.15, 0.2) is 25.6 Å². The second-order valence-electron chi connectivity index (χ2n) is 3.95. The van der Waals surface area contributed by atoms with Crippen LogP contribution in [0.25, 0.3) is 0 Å². The van der Waals surface area contributed by atoms with Gasteiger partial charge in [-0.05, 0) is 56.8 Å². The molecule has 1 amide bonds. The molecular formula is C11H11Br3N2O. The van der Waals surface area contributed by atoms with Crippen LogP contribution in [-0.4, -0.2) is 18.5 Å². The van der Waals surface area contributed by atoms with Crippen molar-refractivity contribution in [3.05, 3.63) is 25.6 Å². The molecule has 1 fully saturated rings. The molecule has 1 saturated carbocycles. The number of halogens is 3. The lowest BCUT2D eigenvalue weighted by atomic mass is 10.3. The molecule has 17 heavy (non-hydrogen) atoms. The topological polar surface area (TPSA) is 41.1 Å². The van der Waals surface area contributed by atoms with Crippen LogP contribution in [-0.2, 0) is 4.79 Å². The molecular weight excluding hydrogens is 416 g/mol. The number of benzene rings is 1. The summed E-state index contributed by atoms with van der Waals surface area (Å²) in [7, 11) is 0. The maximum atomic E-state index is 11.7. The molecule has 0 aromatic heterocycles. The minimum absolute atomic E-state index is 0.0272. The number of amides is 1. The molecule has 0 unspecified atom stereocenters. The second-order valence-corrected chi connectivity index (χ2v) is 6.57. The highest BCUT2D eigenvalue weighted by atomic mass is 79.9. The van der Waals surface area contributed by atoms with Gasteiger partial charge in [0.15, 0.2) is 0 Å². The van der Waals surface area contributed by atoms with E-state index in [1.165, 1.54) is 12.8 Å². The molecule has 3 nitrogen and oxygen atoms in total. The Labute approximate surface area is 125 Å². The molecule has 0 heterocycles. The van der Waals surface area contributed by atoms with Crippen molar-refractivity contribution in [1.82, 2.24) is 5.32 Å². The fourth-order valence-electron chi connectivity index (χ4n) is 1.37. The van der Waals surface area contributed by atoms with Crippen LogP contribution in [0.5, 0.6) is 0 Å². The van der Waals surface area contributed by atoms with E-state index in [1.54, 1.807) is 0 Å². The Bertz CT molecular complexity index is 423. The lowest BCUT2D eigenvalue weighted by Gasteiger charge is -2.10. The van der Waals surface area contributed by atoms with Gasteiger partial charge in [-0.2, -0.15) is 0 Å². The van der Waals surface area contributed by atoms with Gasteiger partial charge in [-0.3, -0.25) is 4.79 Å². The summed E-state index contributed by atoms with van der Waals surface area (Å²) < 4.78 is 2.64. The summed E-state index contributed by atoms with van der Waals surface area (Å²) in [6.07, 6.45) is 2.36. The maximum absolute atomic E-state index is 11.7. The van der Waals surface area contributed by atoms with E-state index < -0.39 is 0 Å². The Morgan fingerprint density at radius 1 is 1.24 bits per heavy atom. The summed E-state index contributed by atoms with van der Waals surface area (Å²) in [6.45, 7) is 0.361. The quantitative estimate of drug-likeness (QED) is 0.771. The van der Waals surface area contributed by atoms with Crippen molar-refractivity contribution in [2.45, 2.75) is 18.9 Å². The van der Waals surface area contributed by atoms with Gasteiger partial charge < -0.3 is 10.6 Å². The van der Waals surface area contributed by atoms with Gasteiger partial charge in [-0.25, -0.2) is 0 Å². The highest BCUT2D eigenvalue weighted by Gasteiger charge is 2.21. The zero-order valence-electron chi connectivity index (χ0n) is 8.90. The van der Waals surface area contributed by atoms with E-state index in [0.29, 0.717) is 12.6 Å². The minimum atomic E-state index is -0.0272. The number of anilines is 1. The third kappa shape index (κ3) is 4.05. The zero-order valence-corrected chi connectivity index (χ0v) is 13.7. The Morgan fingerprint density at radius 2 is 1.82 bits per heavy atom. The number of hydrogen-bond acceptors (Lipinski definition) is 2. The summed E-state index contributed by atoms with van der Waals surface area (Å²) >= 11 is 10.2. The fraction of sp³-hybridized carbons (Fsp3) is 0.364. The third-order valence-electron chi connectivity index (χ3n) is 2.40. The molecule has 0 aliphatic heterocycles. The molecule has 1 aliphatic carbocycles. The summed E-state index contributed by atoms with van der Waals surface area (Å²) in [4.78, 5) is 11.7. The second kappa shape index (κ2) is 5.82. The number of carbonyl (C=O) groups is 1. The largest absolute Gasteiger partial charge is 0.323 e. The highest BCUT2D eigenvalue weighted by molar-refractivity contribution is 9.11. The van der Waals surface area contributed by atoms with Crippen molar-refractivity contribution in [3.8, 4) is 0 Å². The monoisotopic (exact) mass is 424 g/mol. The van der Waals surface area contributed by atoms with E-state index in [-0.39, 0.29) is 5.91 Å². The van der Waals surface area contributed by atoms with E-state index in [4.69, 9.17) is 0 Å². The minimum Gasteiger partial charge on any atom is -0.323 e. The van der Waals surface area contributed by atoms with Crippen molar-refractivity contribution >= 4 is 59.4 Å². The molecule has 1 aromatic carbocycles. The first-order valence-electron chi connectivity index (χ1n) is 5.24. The molecule has 0 saturated heterocycles. The Balaban J connectivity index is 1.99. The summed E-state index contributed by atoms with van der Waals surface area (Å²) in [5.74, 6) is -0.0272. The van der Waals surface area contributed by atoms with Crippen molar-refractivity contribution in [1.29, 1.82) is 0 Å². The van der Waals surface area contributed by atoms with E-state index in [0.717, 1.165) is 19.1 Å². The van der Waals surface area contributed by atoms with Crippen LogP contribution in [0.3, 0.4) is 0 Å². The Morgan fingerprint density at radius 3 is 2.35 bits per heavy atom. The smallest absolute Gasteiger partial charge is 0.238 e. The van der Waals surface area contributed by atoms with Crippen LogP contribution >= 0.6 is 47.8 Å². The number of nitrogens with one attached hydrogen (secondary N) is 2. The van der Waals surface area contributed by atoms with Gasteiger partial charge in [0.2, 0.25) is 5.91 Å². The van der Waals surface area contributed by atoms with E-state index >= 15 is 0 Å². The molecule has 0 spiro atoms. The first-order chi connectivity index (χ1) is 8.06. The number of rotatable bonds is 4. The lowest BCUT2D eigenvalue weighted by Crippen LogP contribution is -2.29. The van der Waals surface area contributed by atoms with Gasteiger partial charge in [0.1, 0.15) is 0 Å². The van der Waals surface area contributed by atoms with E-state index in [2.05, 4.69) is 58.4 Å². The molecule has 2 rings (SSSR count). The molecule has 1 aromatic rings. The average molecular weight is 427 g/mol. The molecule has 1 aliphatic rings. The standard InChI is InChI=1S/C11H11Br3N2O/c12-6-3-8(13)11(9(14)4-6)16-10(17)5-15-7-1-2-7/h3-4,7,15H,1-2,5H2,(H,16,17). The van der Waals surface area contributed by atoms with Crippen molar-refractivity contribution in [2.75, 3.05) is 11.9 Å². The maximum Gasteiger partial charge on any atom is 0.238 e. The molecule has 0 radical (unpaired) electrons. The third-order valence-corrected chi connectivity index (χ3v) is 4.11. The van der Waals surface area contributed by atoms with Gasteiger partial charge >= 0.3 is 0 Å². The Kier molecular flexibility index (Phi) is 4.63. The van der Waals surface area contributed by atoms with Gasteiger partial charge in [0.25, 0.3) is 0 Å². The predicted octanol–water partition coefficient (Wildman–Crippen LogP) is 3.66. The Hall–Kier alpha value is 0.0900. The average Bonchev–Trinajstić information content (AvgIpc) is 3.04. The first kappa shape index (κ1) is 13.5. The lowest BCUT2D eigenvalue weighted by molar-refractivity contribution is -0.115. The van der Waals surface area contributed by atoms with Gasteiger partial charge in [0, 0.05) is 19.5 Å². The number of hydrogen-bond donors (Lipinski definition) is 2. The first-order valence-corrected chi connectivity index (χ1v) is 7.62. The van der Waals surface area contributed by atoms with Crippen LogP contribution in [0.1, 0.15) is 12.8 Å². The van der Waals surface area contributed by atoms with Crippen LogP contribution < -0.4 is 10.6 Å². The highest BCUT2D eigenvalue weighted by Crippen LogP contribution is 2.34. The number of carbonyl (C=O) groups excluding carboxylic acids is 1. The van der Waals surface area contributed by atoms with Crippen LogP contribution in [0, 0.1) is 0 Å². The molecule has 0 atom stereocenters. The van der Waals surface area contributed by atoms with E-state index in [1.807, 2.05) is 12.1 Å². The zero-order chi connectivity index (χ0) is 12.4. The van der Waals surface area contributed by atoms with Gasteiger partial charge in [-0.1, -0.05) is 15.9 Å². The van der Waals surface area contributed by atoms with Gasteiger partial charge in [0.05, 0.1) is 12.2 Å². The SMILES string of the molecule is O=C(CNC1CC1)Nc1c(Br)cc(Br)cc1Br. The van der Waals surface area contributed by atoms with Crippen molar-refractivity contribution in [3.63, 3.8) is 0 Å². The van der Waals surface area contributed by atoms with Crippen molar-refractivity contribution in [2.24, 2.45) is 0 Å². The van der Waals surface area contributed by atoms with E-state index in [9.17, 15) is 4.79 Å². The van der Waals surface area contributed by atoms with Crippen LogP contribution in [0.2, 0.25) is 0 Å². The normalized spacial score (nSPS) is 14.8. The summed E-state index contributed by atoms with van der Waals surface area (Å²) in [5, 5.41) is 6.05. The fourth-order valence-corrected chi connectivity index (χ4v) is 3.83. The predicted molar refractivity (Wildman–Crippen MR) is 79.2 cm³/mol. The molecule has 2 N–H and O–H groups in total. The molecule has 6 heteroatoms. The summed E-state index contributed by atoms with van der Waals surface area (Å²) in [6, 6.07) is 4.33.